The molecular formula is C11H7Br2FOS. The second kappa shape index (κ2) is 4.96. The van der Waals surface area contributed by atoms with E-state index in [-0.39, 0.29) is 5.56 Å². The van der Waals surface area contributed by atoms with E-state index in [0.29, 0.717) is 5.56 Å². The molecule has 1 heterocycles. The maximum absolute atomic E-state index is 13.6. The van der Waals surface area contributed by atoms with Gasteiger partial charge in [0.05, 0.1) is 0 Å². The molecule has 16 heavy (non-hydrogen) atoms. The molecule has 1 N–H and O–H groups in total. The van der Waals surface area contributed by atoms with Gasteiger partial charge in [-0.25, -0.2) is 4.39 Å². The van der Waals surface area contributed by atoms with Crippen LogP contribution < -0.4 is 0 Å². The summed E-state index contributed by atoms with van der Waals surface area (Å²) in [7, 11) is 0. The fraction of sp³-hybridized carbons (Fsp3) is 0.0909. The predicted molar refractivity (Wildman–Crippen MR) is 70.2 cm³/mol. The molecule has 1 atom stereocenters. The number of aliphatic hydroxyl groups is 1. The van der Waals surface area contributed by atoms with Gasteiger partial charge < -0.3 is 5.11 Å². The lowest BCUT2D eigenvalue weighted by atomic mass is 10.0. The number of rotatable bonds is 2. The van der Waals surface area contributed by atoms with E-state index in [2.05, 4.69) is 31.9 Å². The smallest absolute Gasteiger partial charge is 0.129 e. The van der Waals surface area contributed by atoms with E-state index in [0.717, 1.165) is 8.95 Å². The minimum atomic E-state index is -0.946. The minimum Gasteiger partial charge on any atom is -0.383 e. The molecule has 2 aromatic rings. The van der Waals surface area contributed by atoms with E-state index in [1.807, 2.05) is 5.38 Å². The molecule has 0 radical (unpaired) electrons. The summed E-state index contributed by atoms with van der Waals surface area (Å²) in [5.41, 5.74) is 0.954. The molecule has 1 nitrogen and oxygen atoms in total. The Kier molecular flexibility index (Phi) is 3.79. The van der Waals surface area contributed by atoms with Crippen molar-refractivity contribution in [1.29, 1.82) is 0 Å². The molecule has 0 bridgehead atoms. The van der Waals surface area contributed by atoms with Crippen LogP contribution in [0.2, 0.25) is 0 Å². The summed E-state index contributed by atoms with van der Waals surface area (Å²) in [6.45, 7) is 0. The van der Waals surface area contributed by atoms with Gasteiger partial charge in [-0.2, -0.15) is 11.3 Å². The van der Waals surface area contributed by atoms with Crippen LogP contribution in [0.15, 0.2) is 37.9 Å². The highest BCUT2D eigenvalue weighted by atomic mass is 79.9. The van der Waals surface area contributed by atoms with Crippen LogP contribution in [0.1, 0.15) is 17.2 Å². The van der Waals surface area contributed by atoms with Gasteiger partial charge in [0, 0.05) is 25.5 Å². The molecule has 1 aromatic heterocycles. The van der Waals surface area contributed by atoms with E-state index in [9.17, 15) is 9.50 Å². The fourth-order valence-corrected chi connectivity index (χ4v) is 3.29. The van der Waals surface area contributed by atoms with E-state index < -0.39 is 11.9 Å². The zero-order valence-electron chi connectivity index (χ0n) is 7.95. The van der Waals surface area contributed by atoms with Gasteiger partial charge in [-0.15, -0.1) is 0 Å². The number of benzene rings is 1. The fourth-order valence-electron chi connectivity index (χ4n) is 1.38. The van der Waals surface area contributed by atoms with Crippen molar-refractivity contribution >= 4 is 43.2 Å². The quantitative estimate of drug-likeness (QED) is 0.831. The largest absolute Gasteiger partial charge is 0.383 e. The zero-order chi connectivity index (χ0) is 11.7. The van der Waals surface area contributed by atoms with Gasteiger partial charge in [-0.3, -0.25) is 0 Å². The Balaban J connectivity index is 2.45. The standard InChI is InChI=1S/C11H7Br2FOS/c12-6-1-2-10(14)7(3-6)11(15)8-4-16-5-9(8)13/h1-5,11,15H. The van der Waals surface area contributed by atoms with Gasteiger partial charge in [-0.1, -0.05) is 15.9 Å². The lowest BCUT2D eigenvalue weighted by molar-refractivity contribution is 0.214. The van der Waals surface area contributed by atoms with Crippen molar-refractivity contribution in [1.82, 2.24) is 0 Å². The third-order valence-electron chi connectivity index (χ3n) is 2.19. The molecular weight excluding hydrogens is 359 g/mol. The lowest BCUT2D eigenvalue weighted by Crippen LogP contribution is -2.02. The van der Waals surface area contributed by atoms with Gasteiger partial charge in [0.2, 0.25) is 0 Å². The first-order valence-corrected chi connectivity index (χ1v) is 6.97. The second-order valence-corrected chi connectivity index (χ2v) is 5.76. The van der Waals surface area contributed by atoms with Crippen molar-refractivity contribution < 1.29 is 9.50 Å². The Morgan fingerprint density at radius 1 is 1.19 bits per heavy atom. The van der Waals surface area contributed by atoms with Crippen LogP contribution >= 0.6 is 43.2 Å². The van der Waals surface area contributed by atoms with Crippen LogP contribution in [0, 0.1) is 5.82 Å². The Hall–Kier alpha value is -0.230. The summed E-state index contributed by atoms with van der Waals surface area (Å²) in [6.07, 6.45) is -0.946. The van der Waals surface area contributed by atoms with Crippen molar-refractivity contribution in [2.45, 2.75) is 6.10 Å². The number of hydrogen-bond acceptors (Lipinski definition) is 2. The van der Waals surface area contributed by atoms with Crippen LogP contribution in [0.25, 0.3) is 0 Å². The maximum Gasteiger partial charge on any atom is 0.129 e. The molecule has 0 aliphatic rings. The van der Waals surface area contributed by atoms with Crippen molar-refractivity contribution in [2.75, 3.05) is 0 Å². The monoisotopic (exact) mass is 364 g/mol. The number of thiophene rings is 1. The molecule has 1 aromatic carbocycles. The van der Waals surface area contributed by atoms with E-state index in [1.165, 1.54) is 17.4 Å². The van der Waals surface area contributed by atoms with E-state index >= 15 is 0 Å². The number of aliphatic hydroxyl groups excluding tert-OH is 1. The summed E-state index contributed by atoms with van der Waals surface area (Å²) >= 11 is 8.04. The van der Waals surface area contributed by atoms with Gasteiger partial charge in [0.1, 0.15) is 11.9 Å². The Labute approximate surface area is 113 Å². The van der Waals surface area contributed by atoms with E-state index in [1.54, 1.807) is 17.5 Å². The lowest BCUT2D eigenvalue weighted by Gasteiger charge is -2.11. The first-order valence-electron chi connectivity index (χ1n) is 4.44. The second-order valence-electron chi connectivity index (χ2n) is 3.24. The molecule has 0 aliphatic carbocycles. The number of hydrogen-bond donors (Lipinski definition) is 1. The van der Waals surface area contributed by atoms with Crippen LogP contribution in [0.3, 0.4) is 0 Å². The van der Waals surface area contributed by atoms with Gasteiger partial charge >= 0.3 is 0 Å². The molecule has 0 amide bonds. The predicted octanol–water partition coefficient (Wildman–Crippen LogP) is 4.49. The molecule has 0 aliphatic heterocycles. The third-order valence-corrected chi connectivity index (χ3v) is 4.43. The van der Waals surface area contributed by atoms with E-state index in [4.69, 9.17) is 0 Å². The van der Waals surface area contributed by atoms with Gasteiger partial charge in [-0.05, 0) is 39.5 Å². The highest BCUT2D eigenvalue weighted by Gasteiger charge is 2.18. The van der Waals surface area contributed by atoms with Crippen molar-refractivity contribution in [3.05, 3.63) is 54.8 Å². The summed E-state index contributed by atoms with van der Waals surface area (Å²) in [4.78, 5) is 0. The van der Waals surface area contributed by atoms with Gasteiger partial charge in [0.15, 0.2) is 0 Å². The highest BCUT2D eigenvalue weighted by molar-refractivity contribution is 9.10. The third kappa shape index (κ3) is 2.37. The molecule has 5 heteroatoms. The molecule has 84 valence electrons. The minimum absolute atomic E-state index is 0.272. The Bertz CT molecular complexity index is 512. The first-order chi connectivity index (χ1) is 7.59. The molecule has 0 saturated carbocycles. The molecule has 0 saturated heterocycles. The summed E-state index contributed by atoms with van der Waals surface area (Å²) in [5, 5.41) is 13.7. The number of halogens is 3. The normalized spacial score (nSPS) is 12.8. The van der Waals surface area contributed by atoms with Crippen LogP contribution in [0.5, 0.6) is 0 Å². The van der Waals surface area contributed by atoms with Crippen molar-refractivity contribution in [3.8, 4) is 0 Å². The van der Waals surface area contributed by atoms with Crippen LogP contribution in [-0.4, -0.2) is 5.11 Å². The molecule has 0 fully saturated rings. The Morgan fingerprint density at radius 3 is 2.56 bits per heavy atom. The van der Waals surface area contributed by atoms with Gasteiger partial charge in [0.25, 0.3) is 0 Å². The topological polar surface area (TPSA) is 20.2 Å². The first kappa shape index (κ1) is 12.2. The SMILES string of the molecule is OC(c1cc(Br)ccc1F)c1cscc1Br. The average molecular weight is 366 g/mol. The summed E-state index contributed by atoms with van der Waals surface area (Å²) in [5.74, 6) is -0.409. The molecule has 1 unspecified atom stereocenters. The van der Waals surface area contributed by atoms with Crippen molar-refractivity contribution in [3.63, 3.8) is 0 Å². The Morgan fingerprint density at radius 2 is 1.94 bits per heavy atom. The summed E-state index contributed by atoms with van der Waals surface area (Å²) in [6, 6.07) is 4.53. The summed E-state index contributed by atoms with van der Waals surface area (Å²) < 4.78 is 15.1. The average Bonchev–Trinajstić information content (AvgIpc) is 2.67. The van der Waals surface area contributed by atoms with Crippen LogP contribution in [0.4, 0.5) is 4.39 Å². The molecule has 2 rings (SSSR count). The molecule has 0 spiro atoms. The maximum atomic E-state index is 13.6. The van der Waals surface area contributed by atoms with Crippen molar-refractivity contribution in [2.24, 2.45) is 0 Å². The zero-order valence-corrected chi connectivity index (χ0v) is 11.9. The highest BCUT2D eigenvalue weighted by Crippen LogP contribution is 2.33. The van der Waals surface area contributed by atoms with Crippen LogP contribution in [-0.2, 0) is 0 Å².